The molecule has 1 aliphatic rings. The van der Waals surface area contributed by atoms with E-state index >= 15 is 0 Å². The fourth-order valence-electron chi connectivity index (χ4n) is 1.12. The number of aliphatic hydroxyl groups excluding tert-OH is 1. The topological polar surface area (TPSA) is 40.5 Å². The number of para-hydroxylation sites is 1. The van der Waals surface area contributed by atoms with Gasteiger partial charge in [-0.25, -0.2) is 4.90 Å². The highest BCUT2D eigenvalue weighted by Crippen LogP contribution is 2.23. The van der Waals surface area contributed by atoms with E-state index in [1.54, 1.807) is 12.1 Å². The summed E-state index contributed by atoms with van der Waals surface area (Å²) < 4.78 is 0. The van der Waals surface area contributed by atoms with Crippen LogP contribution in [0.2, 0.25) is 0 Å². The Bertz CT molecular complexity index is 343. The van der Waals surface area contributed by atoms with Gasteiger partial charge in [0.2, 0.25) is 5.88 Å². The van der Waals surface area contributed by atoms with Gasteiger partial charge in [-0.15, -0.1) is 0 Å². The number of benzene rings is 1. The Balaban J connectivity index is 2.35. The maximum atomic E-state index is 10.9. The SMILES string of the molecule is O=C1C=C(O)N1c1ccccc1. The molecule has 1 N–H and O–H groups in total. The Morgan fingerprint density at radius 1 is 1.17 bits per heavy atom. The third kappa shape index (κ3) is 0.871. The molecule has 0 saturated carbocycles. The van der Waals surface area contributed by atoms with Crippen LogP contribution in [0.4, 0.5) is 5.69 Å². The maximum absolute atomic E-state index is 10.9. The quantitative estimate of drug-likeness (QED) is 0.676. The number of hydrogen-bond acceptors (Lipinski definition) is 2. The smallest absolute Gasteiger partial charge is 0.263 e. The highest BCUT2D eigenvalue weighted by molar-refractivity contribution is 6.10. The molecule has 0 fully saturated rings. The molecule has 0 radical (unpaired) electrons. The summed E-state index contributed by atoms with van der Waals surface area (Å²) in [6.45, 7) is 0. The molecule has 0 spiro atoms. The van der Waals surface area contributed by atoms with Crippen molar-refractivity contribution in [3.05, 3.63) is 42.3 Å². The zero-order valence-electron chi connectivity index (χ0n) is 6.27. The van der Waals surface area contributed by atoms with Gasteiger partial charge < -0.3 is 5.11 Å². The molecule has 1 aromatic carbocycles. The maximum Gasteiger partial charge on any atom is 0.263 e. The molecule has 0 bridgehead atoms. The first-order valence-corrected chi connectivity index (χ1v) is 3.59. The summed E-state index contributed by atoms with van der Waals surface area (Å²) in [6.07, 6.45) is 1.19. The van der Waals surface area contributed by atoms with Crippen molar-refractivity contribution in [2.75, 3.05) is 4.90 Å². The molecule has 3 heteroatoms. The average molecular weight is 161 g/mol. The Labute approximate surface area is 69.5 Å². The Hall–Kier alpha value is -1.77. The van der Waals surface area contributed by atoms with Gasteiger partial charge >= 0.3 is 0 Å². The number of anilines is 1. The molecule has 0 unspecified atom stereocenters. The zero-order chi connectivity index (χ0) is 8.55. The second-order valence-electron chi connectivity index (χ2n) is 2.51. The number of hydrogen-bond donors (Lipinski definition) is 1. The minimum absolute atomic E-state index is 0.00574. The van der Waals surface area contributed by atoms with Gasteiger partial charge in [0.15, 0.2) is 0 Å². The molecule has 0 aliphatic carbocycles. The molecule has 1 heterocycles. The number of amides is 1. The van der Waals surface area contributed by atoms with Crippen molar-refractivity contribution >= 4 is 11.6 Å². The van der Waals surface area contributed by atoms with Crippen LogP contribution in [-0.4, -0.2) is 11.0 Å². The van der Waals surface area contributed by atoms with Gasteiger partial charge in [0, 0.05) is 0 Å². The molecular weight excluding hydrogens is 154 g/mol. The van der Waals surface area contributed by atoms with Crippen LogP contribution >= 0.6 is 0 Å². The summed E-state index contributed by atoms with van der Waals surface area (Å²) in [5.41, 5.74) is 0.697. The minimum Gasteiger partial charge on any atom is -0.494 e. The zero-order valence-corrected chi connectivity index (χ0v) is 6.27. The third-order valence-electron chi connectivity index (χ3n) is 1.72. The lowest BCUT2D eigenvalue weighted by molar-refractivity contribution is -0.116. The average Bonchev–Trinajstić information content (AvgIpc) is 2.05. The van der Waals surface area contributed by atoms with Crippen molar-refractivity contribution in [1.29, 1.82) is 0 Å². The lowest BCUT2D eigenvalue weighted by Gasteiger charge is -2.26. The Morgan fingerprint density at radius 3 is 2.33 bits per heavy atom. The third-order valence-corrected chi connectivity index (χ3v) is 1.72. The first-order valence-electron chi connectivity index (χ1n) is 3.59. The largest absolute Gasteiger partial charge is 0.494 e. The molecule has 0 aromatic heterocycles. The van der Waals surface area contributed by atoms with E-state index in [9.17, 15) is 4.79 Å². The molecule has 3 nitrogen and oxygen atoms in total. The van der Waals surface area contributed by atoms with E-state index in [4.69, 9.17) is 5.11 Å². The first-order chi connectivity index (χ1) is 5.79. The lowest BCUT2D eigenvalue weighted by atomic mass is 10.2. The van der Waals surface area contributed by atoms with E-state index in [1.807, 2.05) is 18.2 Å². The number of nitrogens with zero attached hydrogens (tertiary/aromatic N) is 1. The van der Waals surface area contributed by atoms with Gasteiger partial charge in [-0.05, 0) is 12.1 Å². The van der Waals surface area contributed by atoms with Crippen molar-refractivity contribution in [2.24, 2.45) is 0 Å². The first kappa shape index (κ1) is 6.91. The van der Waals surface area contributed by atoms with Gasteiger partial charge in [-0.2, -0.15) is 0 Å². The molecule has 1 amide bonds. The van der Waals surface area contributed by atoms with Gasteiger partial charge in [-0.3, -0.25) is 4.79 Å². The number of aliphatic hydroxyl groups is 1. The molecule has 0 atom stereocenters. The molecular formula is C9H7NO2. The highest BCUT2D eigenvalue weighted by atomic mass is 16.3. The van der Waals surface area contributed by atoms with Crippen molar-refractivity contribution in [3.63, 3.8) is 0 Å². The summed E-state index contributed by atoms with van der Waals surface area (Å²) in [6, 6.07) is 9.01. The van der Waals surface area contributed by atoms with Crippen molar-refractivity contribution in [3.8, 4) is 0 Å². The number of rotatable bonds is 1. The van der Waals surface area contributed by atoms with Crippen molar-refractivity contribution in [1.82, 2.24) is 0 Å². The summed E-state index contributed by atoms with van der Waals surface area (Å²) in [4.78, 5) is 12.2. The van der Waals surface area contributed by atoms with Crippen LogP contribution in [0.15, 0.2) is 42.3 Å². The summed E-state index contributed by atoms with van der Waals surface area (Å²) in [5, 5.41) is 9.10. The fraction of sp³-hybridized carbons (Fsp3) is 0. The fourth-order valence-corrected chi connectivity index (χ4v) is 1.12. The van der Waals surface area contributed by atoms with E-state index in [-0.39, 0.29) is 11.8 Å². The molecule has 0 saturated heterocycles. The van der Waals surface area contributed by atoms with E-state index in [1.165, 1.54) is 11.0 Å². The van der Waals surface area contributed by atoms with Crippen LogP contribution in [-0.2, 0) is 4.79 Å². The van der Waals surface area contributed by atoms with Crippen LogP contribution in [0.25, 0.3) is 0 Å². The molecule has 60 valence electrons. The van der Waals surface area contributed by atoms with Crippen molar-refractivity contribution < 1.29 is 9.90 Å². The van der Waals surface area contributed by atoms with Crippen LogP contribution in [0.1, 0.15) is 0 Å². The van der Waals surface area contributed by atoms with Gasteiger partial charge in [0.1, 0.15) is 0 Å². The number of carbonyl (C=O) groups excluding carboxylic acids is 1. The van der Waals surface area contributed by atoms with Crippen molar-refractivity contribution in [2.45, 2.75) is 0 Å². The predicted octanol–water partition coefficient (Wildman–Crippen LogP) is 1.43. The van der Waals surface area contributed by atoms with Crippen LogP contribution < -0.4 is 4.90 Å². The minimum atomic E-state index is -0.182. The van der Waals surface area contributed by atoms with Crippen LogP contribution in [0, 0.1) is 0 Å². The van der Waals surface area contributed by atoms with Crippen LogP contribution in [0.3, 0.4) is 0 Å². The number of carbonyl (C=O) groups is 1. The van der Waals surface area contributed by atoms with E-state index < -0.39 is 0 Å². The summed E-state index contributed by atoms with van der Waals surface area (Å²) in [7, 11) is 0. The second-order valence-corrected chi connectivity index (χ2v) is 2.51. The molecule has 1 aliphatic heterocycles. The standard InChI is InChI=1S/C9H7NO2/c11-8-6-9(12)10(8)7-4-2-1-3-5-7/h1-6,11H. The van der Waals surface area contributed by atoms with Gasteiger partial charge in [-0.1, -0.05) is 18.2 Å². The van der Waals surface area contributed by atoms with Gasteiger partial charge in [0.05, 0.1) is 11.8 Å². The second kappa shape index (κ2) is 2.37. The summed E-state index contributed by atoms with van der Waals surface area (Å²) in [5.74, 6) is -0.176. The molecule has 2 rings (SSSR count). The Morgan fingerprint density at radius 2 is 1.83 bits per heavy atom. The molecule has 12 heavy (non-hydrogen) atoms. The lowest BCUT2D eigenvalue weighted by Crippen LogP contribution is -2.37. The molecule has 1 aromatic rings. The van der Waals surface area contributed by atoms with E-state index in [2.05, 4.69) is 0 Å². The normalized spacial score (nSPS) is 15.5. The van der Waals surface area contributed by atoms with Gasteiger partial charge in [0.25, 0.3) is 5.91 Å². The predicted molar refractivity (Wildman–Crippen MR) is 44.6 cm³/mol. The monoisotopic (exact) mass is 161 g/mol. The summed E-state index contributed by atoms with van der Waals surface area (Å²) >= 11 is 0. The van der Waals surface area contributed by atoms with E-state index in [0.29, 0.717) is 5.69 Å². The highest BCUT2D eigenvalue weighted by Gasteiger charge is 2.27. The van der Waals surface area contributed by atoms with Crippen LogP contribution in [0.5, 0.6) is 0 Å². The van der Waals surface area contributed by atoms with E-state index in [0.717, 1.165) is 0 Å². The Kier molecular flexibility index (Phi) is 1.37.